The van der Waals surface area contributed by atoms with Crippen LogP contribution in [0.2, 0.25) is 0 Å². The molecule has 0 spiro atoms. The molecule has 0 amide bonds. The molecule has 1 aromatic heterocycles. The Hall–Kier alpha value is -1.43. The number of nitrogens with two attached hydrogens (primary N) is 1. The molecule has 6 heteroatoms. The maximum absolute atomic E-state index is 6.29. The van der Waals surface area contributed by atoms with E-state index in [0.29, 0.717) is 24.2 Å². The second-order valence-electron chi connectivity index (χ2n) is 6.22. The van der Waals surface area contributed by atoms with Gasteiger partial charge in [0.2, 0.25) is 0 Å². The SMILES string of the molecule is C=C/C=C\C(NNC1CCCCCC1)c1c[nH]c(NCCCl)c1N. The topological polar surface area (TPSA) is 77.9 Å². The number of halogens is 1. The zero-order valence-corrected chi connectivity index (χ0v) is 15.0. The lowest BCUT2D eigenvalue weighted by atomic mass is 10.1. The van der Waals surface area contributed by atoms with E-state index in [1.807, 2.05) is 12.3 Å². The fourth-order valence-electron chi connectivity index (χ4n) is 3.08. The van der Waals surface area contributed by atoms with Crippen molar-refractivity contribution in [2.24, 2.45) is 0 Å². The first kappa shape index (κ1) is 18.9. The molecular weight excluding hydrogens is 322 g/mol. The molecular formula is C18H30ClN5. The van der Waals surface area contributed by atoms with Crippen molar-refractivity contribution in [3.8, 4) is 0 Å². The van der Waals surface area contributed by atoms with E-state index < -0.39 is 0 Å². The van der Waals surface area contributed by atoms with E-state index in [0.717, 1.165) is 11.4 Å². The van der Waals surface area contributed by atoms with Crippen LogP contribution < -0.4 is 21.9 Å². The monoisotopic (exact) mass is 351 g/mol. The molecule has 1 unspecified atom stereocenters. The molecule has 1 aliphatic rings. The number of nitrogen functional groups attached to an aromatic ring is 1. The van der Waals surface area contributed by atoms with E-state index >= 15 is 0 Å². The van der Waals surface area contributed by atoms with Gasteiger partial charge in [-0.15, -0.1) is 11.6 Å². The Morgan fingerprint density at radius 3 is 2.75 bits per heavy atom. The van der Waals surface area contributed by atoms with Crippen LogP contribution in [-0.2, 0) is 0 Å². The Bertz CT molecular complexity index is 517. The molecule has 1 saturated carbocycles. The highest BCUT2D eigenvalue weighted by molar-refractivity contribution is 6.18. The molecule has 5 nitrogen and oxygen atoms in total. The fourth-order valence-corrected chi connectivity index (χ4v) is 3.17. The van der Waals surface area contributed by atoms with Gasteiger partial charge in [0.15, 0.2) is 0 Å². The summed E-state index contributed by atoms with van der Waals surface area (Å²) in [5.74, 6) is 1.36. The highest BCUT2D eigenvalue weighted by Gasteiger charge is 2.18. The van der Waals surface area contributed by atoms with Crippen molar-refractivity contribution >= 4 is 23.1 Å². The molecule has 0 saturated heterocycles. The summed E-state index contributed by atoms with van der Waals surface area (Å²) >= 11 is 5.73. The fraction of sp³-hybridized carbons (Fsp3) is 0.556. The average Bonchev–Trinajstić information content (AvgIpc) is 2.79. The minimum atomic E-state index is -0.0194. The van der Waals surface area contributed by atoms with Gasteiger partial charge in [-0.1, -0.05) is 50.5 Å². The molecule has 2 rings (SSSR count). The molecule has 1 fully saturated rings. The van der Waals surface area contributed by atoms with Crippen LogP contribution in [0.4, 0.5) is 11.5 Å². The molecule has 134 valence electrons. The largest absolute Gasteiger partial charge is 0.395 e. The second-order valence-corrected chi connectivity index (χ2v) is 6.60. The lowest BCUT2D eigenvalue weighted by Gasteiger charge is -2.22. The summed E-state index contributed by atoms with van der Waals surface area (Å²) in [6.45, 7) is 4.43. The number of rotatable bonds is 9. The number of aromatic amines is 1. The summed E-state index contributed by atoms with van der Waals surface area (Å²) in [7, 11) is 0. The maximum atomic E-state index is 6.29. The smallest absolute Gasteiger partial charge is 0.127 e. The molecule has 6 N–H and O–H groups in total. The van der Waals surface area contributed by atoms with Gasteiger partial charge in [-0.05, 0) is 12.8 Å². The van der Waals surface area contributed by atoms with Crippen LogP contribution in [-0.4, -0.2) is 23.5 Å². The van der Waals surface area contributed by atoms with Crippen LogP contribution >= 0.6 is 11.6 Å². The summed E-state index contributed by atoms with van der Waals surface area (Å²) in [6.07, 6.45) is 15.4. The van der Waals surface area contributed by atoms with Crippen LogP contribution in [0.1, 0.15) is 50.1 Å². The minimum Gasteiger partial charge on any atom is -0.395 e. The van der Waals surface area contributed by atoms with Crippen LogP contribution in [0.5, 0.6) is 0 Å². The zero-order valence-electron chi connectivity index (χ0n) is 14.3. The van der Waals surface area contributed by atoms with E-state index in [-0.39, 0.29) is 6.04 Å². The second kappa shape index (κ2) is 10.4. The Kier molecular flexibility index (Phi) is 8.22. The summed E-state index contributed by atoms with van der Waals surface area (Å²) in [5.41, 5.74) is 15.0. The maximum Gasteiger partial charge on any atom is 0.127 e. The van der Waals surface area contributed by atoms with Gasteiger partial charge in [0.05, 0.1) is 11.7 Å². The first-order valence-electron chi connectivity index (χ1n) is 8.83. The first-order valence-corrected chi connectivity index (χ1v) is 9.36. The van der Waals surface area contributed by atoms with Crippen LogP contribution in [0.15, 0.2) is 31.0 Å². The van der Waals surface area contributed by atoms with Crippen LogP contribution in [0, 0.1) is 0 Å². The number of hydrogen-bond donors (Lipinski definition) is 5. The van der Waals surface area contributed by atoms with Gasteiger partial charge in [0.1, 0.15) is 5.82 Å². The van der Waals surface area contributed by atoms with E-state index in [4.69, 9.17) is 17.3 Å². The predicted octanol–water partition coefficient (Wildman–Crippen LogP) is 3.85. The van der Waals surface area contributed by atoms with Gasteiger partial charge in [-0.3, -0.25) is 5.43 Å². The lowest BCUT2D eigenvalue weighted by Crippen LogP contribution is -2.42. The van der Waals surface area contributed by atoms with Gasteiger partial charge < -0.3 is 16.0 Å². The molecule has 1 heterocycles. The Balaban J connectivity index is 2.03. The first-order chi connectivity index (χ1) is 11.8. The van der Waals surface area contributed by atoms with Crippen molar-refractivity contribution < 1.29 is 0 Å². The minimum absolute atomic E-state index is 0.0194. The number of hydrazine groups is 1. The Labute approximate surface area is 150 Å². The van der Waals surface area contributed by atoms with Gasteiger partial charge >= 0.3 is 0 Å². The lowest BCUT2D eigenvalue weighted by molar-refractivity contribution is 0.374. The van der Waals surface area contributed by atoms with E-state index in [1.54, 1.807) is 6.08 Å². The number of alkyl halides is 1. The molecule has 0 aliphatic heterocycles. The molecule has 1 aromatic rings. The molecule has 24 heavy (non-hydrogen) atoms. The molecule has 1 aliphatic carbocycles. The predicted molar refractivity (Wildman–Crippen MR) is 104 cm³/mol. The third-order valence-corrected chi connectivity index (χ3v) is 4.61. The summed E-state index contributed by atoms with van der Waals surface area (Å²) in [4.78, 5) is 3.19. The molecule has 0 bridgehead atoms. The number of hydrogen-bond acceptors (Lipinski definition) is 4. The van der Waals surface area contributed by atoms with Crippen molar-refractivity contribution in [2.45, 2.75) is 50.6 Å². The van der Waals surface area contributed by atoms with Crippen LogP contribution in [0.25, 0.3) is 0 Å². The zero-order chi connectivity index (χ0) is 17.2. The van der Waals surface area contributed by atoms with Gasteiger partial charge in [-0.2, -0.15) is 0 Å². The molecule has 0 aromatic carbocycles. The summed E-state index contributed by atoms with van der Waals surface area (Å²) < 4.78 is 0. The Morgan fingerprint density at radius 1 is 1.33 bits per heavy atom. The van der Waals surface area contributed by atoms with Gasteiger partial charge in [0, 0.05) is 30.2 Å². The van der Waals surface area contributed by atoms with Crippen molar-refractivity contribution in [2.75, 3.05) is 23.5 Å². The number of aromatic nitrogens is 1. The van der Waals surface area contributed by atoms with E-state index in [2.05, 4.69) is 33.8 Å². The van der Waals surface area contributed by atoms with Crippen molar-refractivity contribution in [3.05, 3.63) is 36.6 Å². The average molecular weight is 352 g/mol. The van der Waals surface area contributed by atoms with Crippen LogP contribution in [0.3, 0.4) is 0 Å². The third kappa shape index (κ3) is 5.58. The molecule has 0 radical (unpaired) electrons. The third-order valence-electron chi connectivity index (χ3n) is 4.42. The van der Waals surface area contributed by atoms with E-state index in [9.17, 15) is 0 Å². The number of anilines is 2. The standard InChI is InChI=1S/C18H30ClN5/c1-2-3-10-16(24-23-14-8-6-4-5-7-9-14)15-13-22-18(17(15)20)21-12-11-19/h2-3,10,13-14,16,21-24H,1,4-9,11-12,20H2/b10-3-. The highest BCUT2D eigenvalue weighted by Crippen LogP contribution is 2.28. The number of H-pyrrole nitrogens is 1. The highest BCUT2D eigenvalue weighted by atomic mass is 35.5. The van der Waals surface area contributed by atoms with Gasteiger partial charge in [0.25, 0.3) is 0 Å². The van der Waals surface area contributed by atoms with Crippen molar-refractivity contribution in [1.29, 1.82) is 0 Å². The Morgan fingerprint density at radius 2 is 2.08 bits per heavy atom. The number of nitrogens with one attached hydrogen (secondary N) is 4. The summed E-state index contributed by atoms with van der Waals surface area (Å²) in [5, 5.41) is 3.20. The van der Waals surface area contributed by atoms with Crippen molar-refractivity contribution in [3.63, 3.8) is 0 Å². The van der Waals surface area contributed by atoms with Gasteiger partial charge in [-0.25, -0.2) is 5.43 Å². The quantitative estimate of drug-likeness (QED) is 0.203. The molecule has 1 atom stereocenters. The number of allylic oxidation sites excluding steroid dienone is 2. The normalized spacial score (nSPS) is 17.7. The van der Waals surface area contributed by atoms with E-state index in [1.165, 1.54) is 38.5 Å². The van der Waals surface area contributed by atoms with Crippen molar-refractivity contribution in [1.82, 2.24) is 15.8 Å². The summed E-state index contributed by atoms with van der Waals surface area (Å²) in [6, 6.07) is 0.496.